The summed E-state index contributed by atoms with van der Waals surface area (Å²) in [7, 11) is 0. The van der Waals surface area contributed by atoms with Crippen molar-refractivity contribution >= 4 is 17.7 Å². The van der Waals surface area contributed by atoms with Gasteiger partial charge in [-0.3, -0.25) is 9.48 Å². The molecule has 1 rings (SSSR count). The number of rotatable bonds is 6. The lowest BCUT2D eigenvalue weighted by atomic mass is 10.0. The van der Waals surface area contributed by atoms with E-state index < -0.39 is 5.97 Å². The minimum Gasteiger partial charge on any atom is -0.480 e. The normalized spacial score (nSPS) is 13.6. The molecule has 0 saturated carbocycles. The highest BCUT2D eigenvalue weighted by Gasteiger charge is 2.13. The Morgan fingerprint density at radius 1 is 1.47 bits per heavy atom. The Morgan fingerprint density at radius 3 is 2.74 bits per heavy atom. The van der Waals surface area contributed by atoms with Crippen LogP contribution in [0.3, 0.4) is 0 Å². The standard InChI is InChI=1S/C12H20N4O3/c1-4-8(2)9(3)14-12(19)15-10-5-13-16(6-10)7-11(17)18/h5-6,8-9H,4,7H2,1-3H3,(H,17,18)(H2,14,15,19). The van der Waals surface area contributed by atoms with Crippen molar-refractivity contribution in [1.82, 2.24) is 15.1 Å². The van der Waals surface area contributed by atoms with E-state index in [0.717, 1.165) is 6.42 Å². The molecule has 1 aromatic rings. The maximum Gasteiger partial charge on any atom is 0.325 e. The van der Waals surface area contributed by atoms with Crippen LogP contribution in [-0.2, 0) is 11.3 Å². The van der Waals surface area contributed by atoms with Crippen LogP contribution in [0, 0.1) is 5.92 Å². The number of carbonyl (C=O) groups is 2. The number of aliphatic carboxylic acids is 1. The molecule has 2 amide bonds. The number of carboxylic acids is 1. The molecule has 2 unspecified atom stereocenters. The quantitative estimate of drug-likeness (QED) is 0.728. The van der Waals surface area contributed by atoms with Gasteiger partial charge in [0.1, 0.15) is 6.54 Å². The van der Waals surface area contributed by atoms with Gasteiger partial charge in [0.2, 0.25) is 0 Å². The predicted molar refractivity (Wildman–Crippen MR) is 70.9 cm³/mol. The smallest absolute Gasteiger partial charge is 0.325 e. The summed E-state index contributed by atoms with van der Waals surface area (Å²) in [5.74, 6) is -0.593. The van der Waals surface area contributed by atoms with E-state index in [-0.39, 0.29) is 18.6 Å². The van der Waals surface area contributed by atoms with Crippen LogP contribution in [0.25, 0.3) is 0 Å². The molecule has 0 aliphatic carbocycles. The van der Waals surface area contributed by atoms with E-state index in [2.05, 4.69) is 29.6 Å². The lowest BCUT2D eigenvalue weighted by Crippen LogP contribution is -2.39. The highest BCUT2D eigenvalue weighted by Crippen LogP contribution is 2.08. The Kier molecular flexibility index (Phi) is 5.35. The van der Waals surface area contributed by atoms with Crippen molar-refractivity contribution in [2.45, 2.75) is 39.8 Å². The van der Waals surface area contributed by atoms with Crippen LogP contribution >= 0.6 is 0 Å². The van der Waals surface area contributed by atoms with Crippen LogP contribution in [0.15, 0.2) is 12.4 Å². The zero-order valence-corrected chi connectivity index (χ0v) is 11.4. The Bertz CT molecular complexity index is 444. The molecule has 0 saturated heterocycles. The molecule has 0 aliphatic rings. The maximum absolute atomic E-state index is 11.7. The number of hydrogen-bond acceptors (Lipinski definition) is 3. The second kappa shape index (κ2) is 6.77. The molecular weight excluding hydrogens is 248 g/mol. The van der Waals surface area contributed by atoms with Crippen molar-refractivity contribution in [1.29, 1.82) is 0 Å². The van der Waals surface area contributed by atoms with Crippen LogP contribution in [-0.4, -0.2) is 32.9 Å². The van der Waals surface area contributed by atoms with E-state index in [1.54, 1.807) is 0 Å². The summed E-state index contributed by atoms with van der Waals surface area (Å²) in [5.41, 5.74) is 0.468. The lowest BCUT2D eigenvalue weighted by Gasteiger charge is -2.19. The van der Waals surface area contributed by atoms with Crippen molar-refractivity contribution in [3.8, 4) is 0 Å². The number of amides is 2. The monoisotopic (exact) mass is 268 g/mol. The SMILES string of the molecule is CCC(C)C(C)NC(=O)Nc1cnn(CC(=O)O)c1. The fraction of sp³-hybridized carbons (Fsp3) is 0.583. The molecule has 0 radical (unpaired) electrons. The topological polar surface area (TPSA) is 96.3 Å². The molecule has 0 spiro atoms. The number of aromatic nitrogens is 2. The fourth-order valence-corrected chi connectivity index (χ4v) is 1.52. The van der Waals surface area contributed by atoms with Crippen LogP contribution in [0.4, 0.5) is 10.5 Å². The summed E-state index contributed by atoms with van der Waals surface area (Å²) in [5, 5.41) is 17.9. The van der Waals surface area contributed by atoms with E-state index in [1.807, 2.05) is 6.92 Å². The number of nitrogens with zero attached hydrogens (tertiary/aromatic N) is 2. The number of hydrogen-bond donors (Lipinski definition) is 3. The van der Waals surface area contributed by atoms with Gasteiger partial charge in [-0.1, -0.05) is 20.3 Å². The minimum atomic E-state index is -0.982. The predicted octanol–water partition coefficient (Wildman–Crippen LogP) is 1.52. The molecule has 7 nitrogen and oxygen atoms in total. The first-order valence-corrected chi connectivity index (χ1v) is 6.24. The Balaban J connectivity index is 2.48. The molecule has 0 aliphatic heterocycles. The van der Waals surface area contributed by atoms with E-state index in [9.17, 15) is 9.59 Å². The minimum absolute atomic E-state index is 0.0686. The van der Waals surface area contributed by atoms with Crippen molar-refractivity contribution < 1.29 is 14.7 Å². The first-order valence-electron chi connectivity index (χ1n) is 6.24. The summed E-state index contributed by atoms with van der Waals surface area (Å²) in [4.78, 5) is 22.2. The van der Waals surface area contributed by atoms with Crippen molar-refractivity contribution in [3.05, 3.63) is 12.4 Å². The summed E-state index contributed by atoms with van der Waals surface area (Å²) in [6.07, 6.45) is 3.87. The Labute approximate surface area is 112 Å². The molecule has 2 atom stereocenters. The largest absolute Gasteiger partial charge is 0.480 e. The first kappa shape index (κ1) is 15.0. The third-order valence-electron chi connectivity index (χ3n) is 3.04. The molecule has 7 heteroatoms. The Morgan fingerprint density at radius 2 is 2.16 bits per heavy atom. The summed E-state index contributed by atoms with van der Waals surface area (Å²) in [6.45, 7) is 5.85. The summed E-state index contributed by atoms with van der Waals surface area (Å²) in [6, 6.07) is -0.248. The van der Waals surface area contributed by atoms with Gasteiger partial charge in [-0.15, -0.1) is 0 Å². The van der Waals surface area contributed by atoms with E-state index >= 15 is 0 Å². The van der Waals surface area contributed by atoms with Crippen LogP contribution < -0.4 is 10.6 Å². The third kappa shape index (κ3) is 4.99. The Hall–Kier alpha value is -2.05. The third-order valence-corrected chi connectivity index (χ3v) is 3.04. The second-order valence-electron chi connectivity index (χ2n) is 4.59. The highest BCUT2D eigenvalue weighted by atomic mass is 16.4. The van der Waals surface area contributed by atoms with Gasteiger partial charge in [0.15, 0.2) is 0 Å². The van der Waals surface area contributed by atoms with Gasteiger partial charge in [-0.05, 0) is 12.8 Å². The van der Waals surface area contributed by atoms with E-state index in [1.165, 1.54) is 17.1 Å². The highest BCUT2D eigenvalue weighted by molar-refractivity contribution is 5.89. The number of carbonyl (C=O) groups excluding carboxylic acids is 1. The molecule has 0 aromatic carbocycles. The molecule has 19 heavy (non-hydrogen) atoms. The van der Waals surface area contributed by atoms with Gasteiger partial charge in [-0.2, -0.15) is 5.10 Å². The van der Waals surface area contributed by atoms with Gasteiger partial charge < -0.3 is 15.7 Å². The van der Waals surface area contributed by atoms with Gasteiger partial charge >= 0.3 is 12.0 Å². The van der Waals surface area contributed by atoms with Crippen molar-refractivity contribution in [2.24, 2.45) is 5.92 Å². The molecular formula is C12H20N4O3. The van der Waals surface area contributed by atoms with Gasteiger partial charge in [0, 0.05) is 12.2 Å². The zero-order valence-electron chi connectivity index (χ0n) is 11.4. The first-order chi connectivity index (χ1) is 8.92. The van der Waals surface area contributed by atoms with E-state index in [0.29, 0.717) is 11.6 Å². The second-order valence-corrected chi connectivity index (χ2v) is 4.59. The average molecular weight is 268 g/mol. The molecule has 3 N–H and O–H groups in total. The number of nitrogens with one attached hydrogen (secondary N) is 2. The van der Waals surface area contributed by atoms with Crippen LogP contribution in [0.1, 0.15) is 27.2 Å². The molecule has 0 bridgehead atoms. The zero-order chi connectivity index (χ0) is 14.4. The van der Waals surface area contributed by atoms with Gasteiger partial charge in [0.25, 0.3) is 0 Å². The number of anilines is 1. The van der Waals surface area contributed by atoms with E-state index in [4.69, 9.17) is 5.11 Å². The van der Waals surface area contributed by atoms with Crippen LogP contribution in [0.5, 0.6) is 0 Å². The lowest BCUT2D eigenvalue weighted by molar-refractivity contribution is -0.137. The summed E-state index contributed by atoms with van der Waals surface area (Å²) >= 11 is 0. The molecule has 0 fully saturated rings. The average Bonchev–Trinajstić information content (AvgIpc) is 2.73. The van der Waals surface area contributed by atoms with Gasteiger partial charge in [-0.25, -0.2) is 4.79 Å². The number of carboxylic acid groups (broad SMARTS) is 1. The summed E-state index contributed by atoms with van der Waals surface area (Å²) < 4.78 is 1.25. The molecule has 1 heterocycles. The number of urea groups is 1. The van der Waals surface area contributed by atoms with Gasteiger partial charge in [0.05, 0.1) is 11.9 Å². The van der Waals surface area contributed by atoms with Crippen LogP contribution in [0.2, 0.25) is 0 Å². The molecule has 1 aromatic heterocycles. The maximum atomic E-state index is 11.7. The fourth-order valence-electron chi connectivity index (χ4n) is 1.52. The molecule has 106 valence electrons. The van der Waals surface area contributed by atoms with Crippen molar-refractivity contribution in [2.75, 3.05) is 5.32 Å². The van der Waals surface area contributed by atoms with Crippen molar-refractivity contribution in [3.63, 3.8) is 0 Å².